The molecule has 1 atom stereocenters. The van der Waals surface area contributed by atoms with Crippen LogP contribution >= 0.6 is 0 Å². The molecule has 1 aliphatic heterocycles. The Bertz CT molecular complexity index is 687. The van der Waals surface area contributed by atoms with E-state index in [9.17, 15) is 4.79 Å². The number of nitrogens with one attached hydrogen (secondary N) is 1. The molecule has 128 valence electrons. The molecule has 0 radical (unpaired) electrons. The number of ether oxygens (including phenoxy) is 1. The molecule has 1 unspecified atom stereocenters. The Kier molecular flexibility index (Phi) is 5.30. The number of amides is 1. The lowest BCUT2D eigenvalue weighted by molar-refractivity contribution is -0.118. The summed E-state index contributed by atoms with van der Waals surface area (Å²) in [5.41, 5.74) is 1.98. The van der Waals surface area contributed by atoms with Gasteiger partial charge in [-0.1, -0.05) is 26.0 Å². The highest BCUT2D eigenvalue weighted by molar-refractivity contribution is 5.91. The Morgan fingerprint density at radius 1 is 1.46 bits per heavy atom. The van der Waals surface area contributed by atoms with Crippen molar-refractivity contribution in [3.05, 3.63) is 48.0 Å². The van der Waals surface area contributed by atoms with Crippen molar-refractivity contribution in [1.82, 2.24) is 9.55 Å². The summed E-state index contributed by atoms with van der Waals surface area (Å²) >= 11 is 0. The summed E-state index contributed by atoms with van der Waals surface area (Å²) in [5.74, 6) is 1.47. The van der Waals surface area contributed by atoms with Gasteiger partial charge in [-0.3, -0.25) is 4.79 Å². The van der Waals surface area contributed by atoms with Gasteiger partial charge in [-0.05, 0) is 30.5 Å². The molecule has 2 heterocycles. The minimum absolute atomic E-state index is 0.0181. The van der Waals surface area contributed by atoms with Crippen LogP contribution in [0.2, 0.25) is 0 Å². The Morgan fingerprint density at radius 3 is 3.08 bits per heavy atom. The monoisotopic (exact) mass is 327 g/mol. The Balaban J connectivity index is 1.63. The first-order chi connectivity index (χ1) is 11.6. The third kappa shape index (κ3) is 4.23. The Labute approximate surface area is 143 Å². The van der Waals surface area contributed by atoms with Crippen LogP contribution in [-0.2, 0) is 16.1 Å². The van der Waals surface area contributed by atoms with E-state index < -0.39 is 0 Å². The highest BCUT2D eigenvalue weighted by atomic mass is 16.5. The number of rotatable bonds is 6. The third-order valence-electron chi connectivity index (χ3n) is 4.26. The third-order valence-corrected chi connectivity index (χ3v) is 4.26. The second kappa shape index (κ2) is 7.62. The van der Waals surface area contributed by atoms with E-state index >= 15 is 0 Å². The minimum atomic E-state index is 0.0181. The summed E-state index contributed by atoms with van der Waals surface area (Å²) in [6.45, 7) is 5.81. The van der Waals surface area contributed by atoms with Gasteiger partial charge in [-0.25, -0.2) is 4.98 Å². The molecule has 0 saturated carbocycles. The first-order valence-electron chi connectivity index (χ1n) is 8.63. The summed E-state index contributed by atoms with van der Waals surface area (Å²) < 4.78 is 7.67. The van der Waals surface area contributed by atoms with Crippen molar-refractivity contribution >= 4 is 11.6 Å². The molecule has 3 rings (SSSR count). The summed E-state index contributed by atoms with van der Waals surface area (Å²) in [7, 11) is 0. The molecule has 1 aromatic heterocycles. The Morgan fingerprint density at radius 2 is 2.33 bits per heavy atom. The van der Waals surface area contributed by atoms with E-state index in [2.05, 4.69) is 34.8 Å². The number of hydrogen-bond acceptors (Lipinski definition) is 3. The van der Waals surface area contributed by atoms with Crippen molar-refractivity contribution in [3.8, 4) is 0 Å². The average molecular weight is 327 g/mol. The van der Waals surface area contributed by atoms with Gasteiger partial charge in [0.2, 0.25) is 5.91 Å². The molecule has 5 heteroatoms. The maximum Gasteiger partial charge on any atom is 0.226 e. The molecule has 1 aliphatic rings. The molecule has 1 saturated heterocycles. The van der Waals surface area contributed by atoms with Gasteiger partial charge in [0.15, 0.2) is 0 Å². The topological polar surface area (TPSA) is 56.2 Å². The zero-order chi connectivity index (χ0) is 16.9. The number of nitrogens with zero attached hydrogens (tertiary/aromatic N) is 2. The second-order valence-electron chi connectivity index (χ2n) is 6.66. The molecule has 1 fully saturated rings. The number of hydrogen-bond donors (Lipinski definition) is 1. The molecule has 1 amide bonds. The van der Waals surface area contributed by atoms with Crippen LogP contribution in [0.4, 0.5) is 5.69 Å². The number of aromatic nitrogens is 2. The van der Waals surface area contributed by atoms with Crippen molar-refractivity contribution in [3.63, 3.8) is 0 Å². The van der Waals surface area contributed by atoms with Gasteiger partial charge in [0.1, 0.15) is 5.82 Å². The summed E-state index contributed by atoms with van der Waals surface area (Å²) in [4.78, 5) is 16.6. The average Bonchev–Trinajstić information content (AvgIpc) is 3.19. The number of carbonyl (C=O) groups excluding carboxylic acids is 1. The predicted molar refractivity (Wildman–Crippen MR) is 94.1 cm³/mol. The van der Waals surface area contributed by atoms with Gasteiger partial charge in [0.05, 0.1) is 12.5 Å². The van der Waals surface area contributed by atoms with Crippen LogP contribution in [0.25, 0.3) is 0 Å². The molecule has 1 aromatic carbocycles. The fourth-order valence-corrected chi connectivity index (χ4v) is 3.12. The summed E-state index contributed by atoms with van der Waals surface area (Å²) in [5, 5.41) is 2.98. The van der Waals surface area contributed by atoms with Crippen LogP contribution in [0.15, 0.2) is 36.7 Å². The largest absolute Gasteiger partial charge is 0.378 e. The van der Waals surface area contributed by atoms with E-state index in [1.807, 2.05) is 30.6 Å². The molecule has 2 aromatic rings. The molecule has 0 spiro atoms. The van der Waals surface area contributed by atoms with Gasteiger partial charge < -0.3 is 14.6 Å². The van der Waals surface area contributed by atoms with Crippen LogP contribution in [0.3, 0.4) is 0 Å². The molecule has 0 aliphatic carbocycles. The molecular weight excluding hydrogens is 302 g/mol. The quantitative estimate of drug-likeness (QED) is 0.882. The van der Waals surface area contributed by atoms with E-state index in [-0.39, 0.29) is 12.0 Å². The first kappa shape index (κ1) is 16.7. The van der Waals surface area contributed by atoms with Crippen molar-refractivity contribution < 1.29 is 9.53 Å². The number of carbonyl (C=O) groups is 1. The zero-order valence-electron chi connectivity index (χ0n) is 14.4. The maximum absolute atomic E-state index is 12.1. The minimum Gasteiger partial charge on any atom is -0.378 e. The van der Waals surface area contributed by atoms with Gasteiger partial charge in [0, 0.05) is 37.2 Å². The number of imidazole rings is 1. The fourth-order valence-electron chi connectivity index (χ4n) is 3.12. The van der Waals surface area contributed by atoms with E-state index in [4.69, 9.17) is 4.74 Å². The predicted octanol–water partition coefficient (Wildman–Crippen LogP) is 3.56. The van der Waals surface area contributed by atoms with Gasteiger partial charge >= 0.3 is 0 Å². The van der Waals surface area contributed by atoms with Crippen molar-refractivity contribution in [2.75, 3.05) is 11.9 Å². The van der Waals surface area contributed by atoms with Crippen LogP contribution in [0.1, 0.15) is 50.4 Å². The first-order valence-corrected chi connectivity index (χ1v) is 8.63. The van der Waals surface area contributed by atoms with Crippen LogP contribution in [0.5, 0.6) is 0 Å². The maximum atomic E-state index is 12.1. The Hall–Kier alpha value is -2.14. The highest BCUT2D eigenvalue weighted by Crippen LogP contribution is 2.18. The van der Waals surface area contributed by atoms with Crippen molar-refractivity contribution in [2.24, 2.45) is 0 Å². The smallest absolute Gasteiger partial charge is 0.226 e. The number of benzene rings is 1. The van der Waals surface area contributed by atoms with Crippen molar-refractivity contribution in [2.45, 2.75) is 51.7 Å². The van der Waals surface area contributed by atoms with Crippen LogP contribution in [0, 0.1) is 0 Å². The van der Waals surface area contributed by atoms with E-state index in [0.29, 0.717) is 12.3 Å². The summed E-state index contributed by atoms with van der Waals surface area (Å²) in [6, 6.07) is 7.99. The van der Waals surface area contributed by atoms with E-state index in [1.54, 1.807) is 0 Å². The lowest BCUT2D eigenvalue weighted by Gasteiger charge is -2.13. The van der Waals surface area contributed by atoms with E-state index in [0.717, 1.165) is 43.1 Å². The molecular formula is C19H25N3O2. The van der Waals surface area contributed by atoms with Crippen molar-refractivity contribution in [1.29, 1.82) is 0 Å². The molecule has 1 N–H and O–H groups in total. The van der Waals surface area contributed by atoms with Gasteiger partial charge in [0.25, 0.3) is 0 Å². The van der Waals surface area contributed by atoms with Crippen LogP contribution < -0.4 is 5.32 Å². The standard InChI is InChI=1S/C19H25N3O2/c1-14(2)19-20-8-9-22(19)13-15-5-3-6-16(11-15)21-18(23)12-17-7-4-10-24-17/h3,5-6,8-9,11,14,17H,4,7,10,12-13H2,1-2H3,(H,21,23). The molecule has 24 heavy (non-hydrogen) atoms. The van der Waals surface area contributed by atoms with Gasteiger partial charge in [-0.2, -0.15) is 0 Å². The van der Waals surface area contributed by atoms with Crippen LogP contribution in [-0.4, -0.2) is 28.2 Å². The van der Waals surface area contributed by atoms with Gasteiger partial charge in [-0.15, -0.1) is 0 Å². The molecule has 5 nitrogen and oxygen atoms in total. The number of anilines is 1. The lowest BCUT2D eigenvalue weighted by Crippen LogP contribution is -2.19. The highest BCUT2D eigenvalue weighted by Gasteiger charge is 2.19. The summed E-state index contributed by atoms with van der Waals surface area (Å²) in [6.07, 6.45) is 6.37. The second-order valence-corrected chi connectivity index (χ2v) is 6.66. The SMILES string of the molecule is CC(C)c1nccn1Cc1cccc(NC(=O)CC2CCCO2)c1. The normalized spacial score (nSPS) is 17.4. The zero-order valence-corrected chi connectivity index (χ0v) is 14.4. The molecule has 0 bridgehead atoms. The fraction of sp³-hybridized carbons (Fsp3) is 0.474. The van der Waals surface area contributed by atoms with E-state index in [1.165, 1.54) is 0 Å². The lowest BCUT2D eigenvalue weighted by atomic mass is 10.1.